The number of ether oxygens (including phenoxy) is 2. The minimum atomic E-state index is -4.69. The molecule has 0 aliphatic rings. The monoisotopic (exact) mass is 825 g/mol. The first kappa shape index (κ1) is 54.4. The lowest BCUT2D eigenvalue weighted by Gasteiger charge is -2.20. The van der Waals surface area contributed by atoms with E-state index in [1.807, 2.05) is 12.2 Å². The highest BCUT2D eigenvalue weighted by Crippen LogP contribution is 2.43. The summed E-state index contributed by atoms with van der Waals surface area (Å²) in [5, 5.41) is 28.6. The Morgan fingerprint density at radius 1 is 0.632 bits per heavy atom. The fraction of sp³-hybridized carbons (Fsp3) is 0.689. The average Bonchev–Trinajstić information content (AvgIpc) is 3.20. The molecule has 11 nitrogen and oxygen atoms in total. The summed E-state index contributed by atoms with van der Waals surface area (Å²) in [4.78, 5) is 35.0. The number of phosphoric acid groups is 1. The Labute approximate surface area is 344 Å². The Morgan fingerprint density at radius 3 is 1.72 bits per heavy atom. The van der Waals surface area contributed by atoms with Crippen LogP contribution in [-0.4, -0.2) is 76.9 Å². The van der Waals surface area contributed by atoms with E-state index in [1.165, 1.54) is 51.4 Å². The van der Waals surface area contributed by atoms with E-state index in [-0.39, 0.29) is 19.3 Å². The number of allylic oxidation sites excluding steroid dienone is 11. The van der Waals surface area contributed by atoms with Crippen molar-refractivity contribution < 1.29 is 52.9 Å². The number of aliphatic hydroxyl groups excluding tert-OH is 3. The first-order chi connectivity index (χ1) is 27.5. The molecule has 0 bridgehead atoms. The molecule has 0 radical (unpaired) electrons. The molecular weight excluding hydrogens is 747 g/mol. The molecule has 57 heavy (non-hydrogen) atoms. The minimum absolute atomic E-state index is 0.0619. The lowest BCUT2D eigenvalue weighted by Crippen LogP contribution is -2.30. The van der Waals surface area contributed by atoms with Crippen molar-refractivity contribution in [2.45, 2.75) is 167 Å². The van der Waals surface area contributed by atoms with Crippen LogP contribution in [0.25, 0.3) is 0 Å². The van der Waals surface area contributed by atoms with E-state index in [4.69, 9.17) is 19.1 Å². The summed E-state index contributed by atoms with van der Waals surface area (Å²) in [6, 6.07) is 0. The zero-order valence-corrected chi connectivity index (χ0v) is 36.2. The number of rotatable bonds is 38. The number of unbranched alkanes of at least 4 members (excludes halogenated alkanes) is 9. The molecule has 0 aromatic rings. The molecule has 0 aromatic carbocycles. The van der Waals surface area contributed by atoms with Gasteiger partial charge in [0.25, 0.3) is 0 Å². The van der Waals surface area contributed by atoms with Gasteiger partial charge in [-0.05, 0) is 50.9 Å². The molecule has 3 unspecified atom stereocenters. The molecule has 0 spiro atoms. The van der Waals surface area contributed by atoms with Gasteiger partial charge in [0.05, 0.1) is 25.9 Å². The SMILES string of the molecule is CC/C=C\C/C=C\C/C=C\C/C=C\C/C=C\C=C/C(O)CCC(=O)O[C@H](COC(=O)CCCCCCCCCCCCC(C)CC)COP(=O)(O)OC[C@@H](O)CO. The quantitative estimate of drug-likeness (QED) is 0.0154. The molecule has 0 saturated heterocycles. The van der Waals surface area contributed by atoms with Crippen LogP contribution in [0.1, 0.15) is 149 Å². The number of hydrogen-bond acceptors (Lipinski definition) is 10. The second-order valence-electron chi connectivity index (χ2n) is 14.4. The van der Waals surface area contributed by atoms with Gasteiger partial charge in [-0.3, -0.25) is 18.6 Å². The van der Waals surface area contributed by atoms with Crippen molar-refractivity contribution in [3.63, 3.8) is 0 Å². The zero-order chi connectivity index (χ0) is 42.2. The molecule has 0 aliphatic carbocycles. The molecule has 12 heteroatoms. The highest BCUT2D eigenvalue weighted by Gasteiger charge is 2.27. The van der Waals surface area contributed by atoms with Gasteiger partial charge in [0.15, 0.2) is 6.10 Å². The maximum absolute atomic E-state index is 12.6. The van der Waals surface area contributed by atoms with E-state index >= 15 is 0 Å². The summed E-state index contributed by atoms with van der Waals surface area (Å²) in [6.07, 6.45) is 39.1. The zero-order valence-electron chi connectivity index (χ0n) is 35.3. The Balaban J connectivity index is 4.58. The molecule has 5 atom stereocenters. The highest BCUT2D eigenvalue weighted by molar-refractivity contribution is 7.47. The fourth-order valence-electron chi connectivity index (χ4n) is 5.31. The standard InChI is InChI=1S/C45H77O11P/c1-4-6-7-8-9-10-11-12-13-14-15-16-20-23-26-29-32-41(47)34-35-45(50)56-43(39-55-57(51,52)54-37-42(48)36-46)38-53-44(49)33-30-27-24-21-18-17-19-22-25-28-31-40(3)5-2/h6-7,9-10,12-13,15-16,23,26,29,32,40-43,46-48H,4-5,8,11,14,17-22,24-25,27-28,30-31,33-39H2,1-3H3,(H,51,52)/b7-6-,10-9-,13-12-,16-15-,26-23-,32-29-/t40?,41?,42-,43+/m0/s1. The second kappa shape index (κ2) is 38.9. The van der Waals surface area contributed by atoms with Gasteiger partial charge in [-0.1, -0.05) is 164 Å². The first-order valence-corrected chi connectivity index (χ1v) is 22.9. The van der Waals surface area contributed by atoms with Crippen LogP contribution in [0.5, 0.6) is 0 Å². The van der Waals surface area contributed by atoms with E-state index in [0.29, 0.717) is 6.42 Å². The van der Waals surface area contributed by atoms with Crippen LogP contribution in [0, 0.1) is 5.92 Å². The molecule has 0 aliphatic heterocycles. The third-order valence-electron chi connectivity index (χ3n) is 9.03. The predicted octanol–water partition coefficient (Wildman–Crippen LogP) is 10.1. The Hall–Kier alpha value is -2.63. The number of aliphatic hydroxyl groups is 3. The van der Waals surface area contributed by atoms with Gasteiger partial charge in [-0.2, -0.15) is 0 Å². The van der Waals surface area contributed by atoms with Crippen LogP contribution in [0.2, 0.25) is 0 Å². The summed E-state index contributed by atoms with van der Waals surface area (Å²) in [7, 11) is -4.69. The Morgan fingerprint density at radius 2 is 1.16 bits per heavy atom. The maximum Gasteiger partial charge on any atom is 0.472 e. The first-order valence-electron chi connectivity index (χ1n) is 21.4. The molecule has 0 amide bonds. The van der Waals surface area contributed by atoms with Gasteiger partial charge in [0.2, 0.25) is 0 Å². The van der Waals surface area contributed by atoms with Crippen molar-refractivity contribution in [2.75, 3.05) is 26.4 Å². The Bertz CT molecular complexity index is 1210. The van der Waals surface area contributed by atoms with Gasteiger partial charge in [0, 0.05) is 12.8 Å². The molecule has 0 saturated carbocycles. The molecule has 0 heterocycles. The van der Waals surface area contributed by atoms with Crippen molar-refractivity contribution in [1.29, 1.82) is 0 Å². The van der Waals surface area contributed by atoms with Crippen LogP contribution >= 0.6 is 7.82 Å². The predicted molar refractivity (Wildman–Crippen MR) is 229 cm³/mol. The Kier molecular flexibility index (Phi) is 37.1. The van der Waals surface area contributed by atoms with Crippen molar-refractivity contribution in [2.24, 2.45) is 5.92 Å². The van der Waals surface area contributed by atoms with Crippen LogP contribution in [0.3, 0.4) is 0 Å². The normalized spacial score (nSPS) is 15.7. The van der Waals surface area contributed by atoms with Crippen LogP contribution in [0.15, 0.2) is 72.9 Å². The lowest BCUT2D eigenvalue weighted by molar-refractivity contribution is -0.161. The maximum atomic E-state index is 12.6. The van der Waals surface area contributed by atoms with Crippen LogP contribution in [0.4, 0.5) is 0 Å². The summed E-state index contributed by atoms with van der Waals surface area (Å²) in [6.45, 7) is 4.31. The molecule has 4 N–H and O–H groups in total. The summed E-state index contributed by atoms with van der Waals surface area (Å²) >= 11 is 0. The van der Waals surface area contributed by atoms with Crippen molar-refractivity contribution in [3.05, 3.63) is 72.9 Å². The molecular formula is C45H77O11P. The van der Waals surface area contributed by atoms with E-state index in [9.17, 15) is 29.3 Å². The minimum Gasteiger partial charge on any atom is -0.462 e. The third-order valence-corrected chi connectivity index (χ3v) is 9.98. The molecule has 328 valence electrons. The molecule has 0 fully saturated rings. The summed E-state index contributed by atoms with van der Waals surface area (Å²) in [5.41, 5.74) is 0. The molecule has 0 rings (SSSR count). The molecule has 0 aromatic heterocycles. The van der Waals surface area contributed by atoms with E-state index in [2.05, 4.69) is 73.9 Å². The van der Waals surface area contributed by atoms with Crippen LogP contribution < -0.4 is 0 Å². The number of hydrogen-bond donors (Lipinski definition) is 4. The fourth-order valence-corrected chi connectivity index (χ4v) is 6.10. The van der Waals surface area contributed by atoms with Gasteiger partial charge in [-0.15, -0.1) is 0 Å². The van der Waals surface area contributed by atoms with E-state index < -0.39 is 64.5 Å². The van der Waals surface area contributed by atoms with Crippen molar-refractivity contribution in [1.82, 2.24) is 0 Å². The second-order valence-corrected chi connectivity index (χ2v) is 15.9. The van der Waals surface area contributed by atoms with Gasteiger partial charge in [-0.25, -0.2) is 4.57 Å². The third kappa shape index (κ3) is 38.6. The van der Waals surface area contributed by atoms with Crippen molar-refractivity contribution in [3.8, 4) is 0 Å². The van der Waals surface area contributed by atoms with Gasteiger partial charge >= 0.3 is 19.8 Å². The highest BCUT2D eigenvalue weighted by atomic mass is 31.2. The number of phosphoric ester groups is 1. The largest absolute Gasteiger partial charge is 0.472 e. The van der Waals surface area contributed by atoms with E-state index in [1.54, 1.807) is 12.2 Å². The van der Waals surface area contributed by atoms with Crippen LogP contribution in [-0.2, 0) is 32.7 Å². The van der Waals surface area contributed by atoms with Gasteiger partial charge < -0.3 is 29.7 Å². The summed E-state index contributed by atoms with van der Waals surface area (Å²) < 4.78 is 32.5. The topological polar surface area (TPSA) is 169 Å². The van der Waals surface area contributed by atoms with Gasteiger partial charge in [0.1, 0.15) is 12.7 Å². The smallest absolute Gasteiger partial charge is 0.462 e. The summed E-state index contributed by atoms with van der Waals surface area (Å²) in [5.74, 6) is -0.385. The number of esters is 2. The van der Waals surface area contributed by atoms with E-state index in [0.717, 1.165) is 57.3 Å². The lowest BCUT2D eigenvalue weighted by atomic mass is 9.99. The van der Waals surface area contributed by atoms with Crippen molar-refractivity contribution >= 4 is 19.8 Å². The number of carbonyl (C=O) groups is 2. The average molecular weight is 825 g/mol. The number of carbonyl (C=O) groups excluding carboxylic acids is 2.